The molecule has 2 amide bonds. The van der Waals surface area contributed by atoms with Crippen molar-refractivity contribution in [3.63, 3.8) is 0 Å². The normalized spacial score (nSPS) is 20.7. The first-order valence-corrected chi connectivity index (χ1v) is 10.3. The van der Waals surface area contributed by atoms with Gasteiger partial charge in [0.1, 0.15) is 5.70 Å². The summed E-state index contributed by atoms with van der Waals surface area (Å²) in [6, 6.07) is 4.96. The van der Waals surface area contributed by atoms with Crippen LogP contribution in [0, 0.1) is 6.92 Å². The fourth-order valence-electron chi connectivity index (χ4n) is 3.90. The van der Waals surface area contributed by atoms with Crippen molar-refractivity contribution in [2.45, 2.75) is 46.7 Å². The maximum Gasteiger partial charge on any atom is 0.290 e. The van der Waals surface area contributed by atoms with Crippen LogP contribution in [0.1, 0.15) is 50.1 Å². The van der Waals surface area contributed by atoms with Crippen LogP contribution in [0.4, 0.5) is 11.5 Å². The van der Waals surface area contributed by atoms with E-state index >= 15 is 0 Å². The van der Waals surface area contributed by atoms with E-state index < -0.39 is 6.04 Å². The zero-order chi connectivity index (χ0) is 22.6. The third-order valence-corrected chi connectivity index (χ3v) is 5.46. The van der Waals surface area contributed by atoms with Gasteiger partial charge in [-0.25, -0.2) is 4.98 Å². The van der Waals surface area contributed by atoms with Crippen molar-refractivity contribution in [1.29, 1.82) is 0 Å². The molecule has 9 nitrogen and oxygen atoms in total. The van der Waals surface area contributed by atoms with Crippen molar-refractivity contribution < 1.29 is 9.59 Å². The molecule has 2 unspecified atom stereocenters. The average molecular weight is 425 g/mol. The molecule has 0 radical (unpaired) electrons. The molecule has 0 aliphatic carbocycles. The SMILES string of the molecule is CCCN[N+]1(c2cc(CNC(C)=O)c(C)nc2N)C(C)=CNC(=O)C1c1cccnc1. The minimum Gasteiger partial charge on any atom is -0.379 e. The fourth-order valence-corrected chi connectivity index (χ4v) is 3.90. The van der Waals surface area contributed by atoms with E-state index in [2.05, 4.69) is 33.0 Å². The van der Waals surface area contributed by atoms with Crippen LogP contribution in [0.3, 0.4) is 0 Å². The molecule has 164 valence electrons. The van der Waals surface area contributed by atoms with Crippen molar-refractivity contribution in [2.75, 3.05) is 12.3 Å². The Kier molecular flexibility index (Phi) is 6.67. The number of carbonyl (C=O) groups excluding carboxylic acids is 2. The van der Waals surface area contributed by atoms with Gasteiger partial charge in [-0.05, 0) is 31.0 Å². The summed E-state index contributed by atoms with van der Waals surface area (Å²) in [6.45, 7) is 8.29. The van der Waals surface area contributed by atoms with Gasteiger partial charge in [-0.15, -0.1) is 0 Å². The Morgan fingerprint density at radius 3 is 2.77 bits per heavy atom. The zero-order valence-electron chi connectivity index (χ0n) is 18.4. The van der Waals surface area contributed by atoms with Crippen LogP contribution in [-0.2, 0) is 16.1 Å². The standard InChI is InChI=1S/C22H29N7O2/c1-5-8-27-29(19-10-18(13-25-16(4)30)15(3)28-21(19)23)14(2)11-26-22(31)20(29)17-7-6-9-24-12-17/h6-7,9-12,20,27H,5,8,13H2,1-4H3,(H3-,23,25,26,28,30,31)/p+1. The number of pyridine rings is 2. The Bertz CT molecular complexity index is 1010. The van der Waals surface area contributed by atoms with E-state index in [-0.39, 0.29) is 16.4 Å². The Hall–Kier alpha value is -3.30. The molecule has 0 fully saturated rings. The first-order chi connectivity index (χ1) is 14.8. The Morgan fingerprint density at radius 2 is 2.13 bits per heavy atom. The minimum atomic E-state index is -0.661. The highest BCUT2D eigenvalue weighted by Crippen LogP contribution is 2.43. The van der Waals surface area contributed by atoms with E-state index in [1.807, 2.05) is 32.0 Å². The molecule has 9 heteroatoms. The highest BCUT2D eigenvalue weighted by molar-refractivity contribution is 5.89. The van der Waals surface area contributed by atoms with E-state index in [0.29, 0.717) is 24.6 Å². The van der Waals surface area contributed by atoms with E-state index in [1.165, 1.54) is 6.92 Å². The lowest BCUT2D eigenvalue weighted by molar-refractivity contribution is -0.127. The van der Waals surface area contributed by atoms with Gasteiger partial charge >= 0.3 is 0 Å². The van der Waals surface area contributed by atoms with Crippen LogP contribution in [0.2, 0.25) is 0 Å². The molecular formula is C22H30N7O2+. The van der Waals surface area contributed by atoms with Crippen LogP contribution in [-0.4, -0.2) is 28.3 Å². The van der Waals surface area contributed by atoms with Gasteiger partial charge in [-0.1, -0.05) is 6.92 Å². The molecule has 0 aromatic carbocycles. The number of aryl methyl sites for hydroxylation is 1. The molecule has 2 aromatic heterocycles. The fraction of sp³-hybridized carbons (Fsp3) is 0.364. The zero-order valence-corrected chi connectivity index (χ0v) is 18.4. The summed E-state index contributed by atoms with van der Waals surface area (Å²) in [5.41, 5.74) is 13.8. The van der Waals surface area contributed by atoms with Crippen molar-refractivity contribution in [2.24, 2.45) is 0 Å². The molecule has 1 aliphatic rings. The molecule has 3 heterocycles. The van der Waals surface area contributed by atoms with Gasteiger partial charge < -0.3 is 16.4 Å². The number of nitrogens with two attached hydrogens (primary N) is 1. The van der Waals surface area contributed by atoms with Gasteiger partial charge in [-0.2, -0.15) is 10.0 Å². The summed E-state index contributed by atoms with van der Waals surface area (Å²) in [5, 5.41) is 5.68. The van der Waals surface area contributed by atoms with Crippen LogP contribution in [0.5, 0.6) is 0 Å². The number of nitrogens with zero attached hydrogens (tertiary/aromatic N) is 3. The van der Waals surface area contributed by atoms with Gasteiger partial charge in [0, 0.05) is 56.7 Å². The van der Waals surface area contributed by atoms with Gasteiger partial charge in [0.2, 0.25) is 17.6 Å². The average Bonchev–Trinajstić information content (AvgIpc) is 2.74. The maximum absolute atomic E-state index is 13.2. The van der Waals surface area contributed by atoms with Crippen LogP contribution >= 0.6 is 0 Å². The highest BCUT2D eigenvalue weighted by atomic mass is 16.2. The van der Waals surface area contributed by atoms with Gasteiger partial charge in [0.25, 0.3) is 5.91 Å². The smallest absolute Gasteiger partial charge is 0.290 e. The van der Waals surface area contributed by atoms with Crippen molar-refractivity contribution in [3.8, 4) is 0 Å². The number of amides is 2. The first kappa shape index (κ1) is 22.4. The van der Waals surface area contributed by atoms with Gasteiger partial charge in [-0.3, -0.25) is 14.6 Å². The van der Waals surface area contributed by atoms with Crippen LogP contribution in [0.15, 0.2) is 42.5 Å². The van der Waals surface area contributed by atoms with E-state index in [4.69, 9.17) is 5.73 Å². The number of hydrogen-bond donors (Lipinski definition) is 4. The monoisotopic (exact) mass is 424 g/mol. The van der Waals surface area contributed by atoms with Crippen molar-refractivity contribution in [1.82, 2.24) is 30.6 Å². The van der Waals surface area contributed by atoms with Crippen molar-refractivity contribution in [3.05, 3.63) is 59.3 Å². The van der Waals surface area contributed by atoms with Crippen LogP contribution in [0.25, 0.3) is 0 Å². The molecular weight excluding hydrogens is 394 g/mol. The first-order valence-electron chi connectivity index (χ1n) is 10.3. The summed E-state index contributed by atoms with van der Waals surface area (Å²) < 4.78 is -0.00243. The summed E-state index contributed by atoms with van der Waals surface area (Å²) in [4.78, 5) is 33.5. The topological polar surface area (TPSA) is 122 Å². The maximum atomic E-state index is 13.2. The molecule has 2 atom stereocenters. The van der Waals surface area contributed by atoms with E-state index in [1.54, 1.807) is 18.6 Å². The quantitative estimate of drug-likeness (QED) is 0.504. The van der Waals surface area contributed by atoms with Crippen molar-refractivity contribution >= 4 is 23.3 Å². The highest BCUT2D eigenvalue weighted by Gasteiger charge is 2.51. The number of nitrogen functional groups attached to an aromatic ring is 1. The molecule has 5 N–H and O–H groups in total. The molecule has 1 aliphatic heterocycles. The summed E-state index contributed by atoms with van der Waals surface area (Å²) in [7, 11) is 0. The number of anilines is 1. The summed E-state index contributed by atoms with van der Waals surface area (Å²) in [5.74, 6) is 0.0158. The molecule has 31 heavy (non-hydrogen) atoms. The number of quaternary nitrogens is 1. The Balaban J connectivity index is 2.27. The molecule has 3 rings (SSSR count). The third-order valence-electron chi connectivity index (χ3n) is 5.46. The lowest BCUT2D eigenvalue weighted by atomic mass is 10.00. The molecule has 0 saturated carbocycles. The molecule has 0 spiro atoms. The number of nitrogens with one attached hydrogen (secondary N) is 3. The van der Waals surface area contributed by atoms with Crippen LogP contribution < -0.4 is 26.4 Å². The number of hydrogen-bond acceptors (Lipinski definition) is 6. The van der Waals surface area contributed by atoms with Gasteiger partial charge in [0.15, 0.2) is 5.82 Å². The predicted molar refractivity (Wildman–Crippen MR) is 120 cm³/mol. The van der Waals surface area contributed by atoms with E-state index in [0.717, 1.165) is 28.9 Å². The summed E-state index contributed by atoms with van der Waals surface area (Å²) >= 11 is 0. The second-order valence-corrected chi connectivity index (χ2v) is 7.66. The second-order valence-electron chi connectivity index (χ2n) is 7.66. The third kappa shape index (κ3) is 4.28. The van der Waals surface area contributed by atoms with E-state index in [9.17, 15) is 9.59 Å². The lowest BCUT2D eigenvalue weighted by Gasteiger charge is -2.45. The number of rotatable bonds is 7. The number of allylic oxidation sites excluding steroid dienone is 1. The molecule has 0 bridgehead atoms. The largest absolute Gasteiger partial charge is 0.379 e. The second kappa shape index (κ2) is 9.23. The minimum absolute atomic E-state index is 0.00243. The molecule has 2 aromatic rings. The number of aromatic nitrogens is 2. The lowest BCUT2D eigenvalue weighted by Crippen LogP contribution is -2.66. The summed E-state index contributed by atoms with van der Waals surface area (Å²) in [6.07, 6.45) is 5.92. The Labute approximate surface area is 182 Å². The number of carbonyl (C=O) groups is 2. The Morgan fingerprint density at radius 1 is 1.35 bits per heavy atom. The van der Waals surface area contributed by atoms with Gasteiger partial charge in [0.05, 0.1) is 6.20 Å². The predicted octanol–water partition coefficient (Wildman–Crippen LogP) is 1.96. The molecule has 0 saturated heterocycles.